The van der Waals surface area contributed by atoms with E-state index in [0.29, 0.717) is 6.07 Å². The van der Waals surface area contributed by atoms with Gasteiger partial charge in [-0.2, -0.15) is 22.0 Å². The minimum Gasteiger partial charge on any atom is -0.606 e. The second-order valence-corrected chi connectivity index (χ2v) is 8.15. The number of halogens is 10. The van der Waals surface area contributed by atoms with Crippen LogP contribution in [0.5, 0.6) is 0 Å². The molecule has 0 amide bonds. The maximum atomic E-state index is 14.1. The molecule has 0 aromatic heterocycles. The monoisotopic (exact) mass is 543 g/mol. The highest BCUT2D eigenvalue weighted by Gasteiger charge is 2.80. The molecule has 0 aliphatic heterocycles. The van der Waals surface area contributed by atoms with Gasteiger partial charge in [-0.3, -0.25) is 0 Å². The van der Waals surface area contributed by atoms with E-state index in [2.05, 4.69) is 37.9 Å². The Morgan fingerprint density at radius 2 is 1.52 bits per heavy atom. The van der Waals surface area contributed by atoms with E-state index in [9.17, 15) is 39.7 Å². The van der Waals surface area contributed by atoms with E-state index in [4.69, 9.17) is 0 Å². The standard InChI is InChI=1S/C15H5Br2F8OS/c16-7-5-9(17)12(8-3-1-2-4-10(8)18)11(6-7)27(26)15(24,25)13(19,20)14(21,22)23/h1-4,6H. The van der Waals surface area contributed by atoms with Crippen molar-refractivity contribution in [2.45, 2.75) is 22.2 Å². The highest BCUT2D eigenvalue weighted by atomic mass is 79.9. The zero-order valence-electron chi connectivity index (χ0n) is 12.5. The number of hydrogen-bond acceptors (Lipinski definition) is 1. The van der Waals surface area contributed by atoms with Crippen LogP contribution in [0.3, 0.4) is 0 Å². The molecule has 1 nitrogen and oxygen atoms in total. The van der Waals surface area contributed by atoms with Gasteiger partial charge in [-0.05, 0) is 37.9 Å². The van der Waals surface area contributed by atoms with Crippen LogP contribution in [-0.4, -0.2) is 21.9 Å². The highest BCUT2D eigenvalue weighted by molar-refractivity contribution is 9.11. The van der Waals surface area contributed by atoms with Crippen molar-refractivity contribution in [2.75, 3.05) is 0 Å². The molecule has 1 radical (unpaired) electrons. The third-order valence-corrected chi connectivity index (χ3v) is 5.72. The fourth-order valence-electron chi connectivity index (χ4n) is 1.98. The molecule has 0 saturated heterocycles. The van der Waals surface area contributed by atoms with Crippen LogP contribution in [0.4, 0.5) is 35.1 Å². The lowest BCUT2D eigenvalue weighted by molar-refractivity contribution is -0.332. The van der Waals surface area contributed by atoms with Crippen molar-refractivity contribution in [1.82, 2.24) is 0 Å². The van der Waals surface area contributed by atoms with Gasteiger partial charge >= 0.3 is 17.4 Å². The topological polar surface area (TPSA) is 23.1 Å². The van der Waals surface area contributed by atoms with Gasteiger partial charge in [-0.25, -0.2) is 4.39 Å². The third kappa shape index (κ3) is 3.99. The Hall–Kier alpha value is -0.850. The first-order valence-corrected chi connectivity index (χ1v) is 9.36. The largest absolute Gasteiger partial charge is 0.606 e. The van der Waals surface area contributed by atoms with Crippen molar-refractivity contribution >= 4 is 43.0 Å². The lowest BCUT2D eigenvalue weighted by atomic mass is 10.1. The predicted octanol–water partition coefficient (Wildman–Crippen LogP) is 6.72. The SMILES string of the molecule is [O-][S+](c1cc(Br)[c]c(Br)c1-c1ccccc1F)C(F)(F)C(F)(F)C(F)(F)F. The molecule has 2 rings (SSSR count). The molecule has 0 aliphatic rings. The van der Waals surface area contributed by atoms with E-state index in [-0.39, 0.29) is 8.95 Å². The summed E-state index contributed by atoms with van der Waals surface area (Å²) >= 11 is 1.45. The summed E-state index contributed by atoms with van der Waals surface area (Å²) in [5.74, 6) is -7.59. The van der Waals surface area contributed by atoms with Gasteiger partial charge in [0, 0.05) is 26.6 Å². The van der Waals surface area contributed by atoms with Gasteiger partial charge in [0.05, 0.1) is 16.7 Å². The summed E-state index contributed by atoms with van der Waals surface area (Å²) in [5, 5.41) is -6.02. The molecule has 1 atom stereocenters. The quantitative estimate of drug-likeness (QED) is 0.310. The van der Waals surface area contributed by atoms with Crippen molar-refractivity contribution in [3.05, 3.63) is 51.2 Å². The second kappa shape index (κ2) is 7.53. The second-order valence-electron chi connectivity index (χ2n) is 5.01. The number of rotatable bonds is 4. The molecule has 2 aromatic carbocycles. The smallest absolute Gasteiger partial charge is 0.486 e. The molecule has 0 heterocycles. The Labute approximate surface area is 167 Å². The van der Waals surface area contributed by atoms with Crippen molar-refractivity contribution in [3.63, 3.8) is 0 Å². The summed E-state index contributed by atoms with van der Waals surface area (Å²) < 4.78 is 117. The molecule has 0 N–H and O–H groups in total. The van der Waals surface area contributed by atoms with Gasteiger partial charge in [-0.15, -0.1) is 8.78 Å². The Bertz CT molecular complexity index is 856. The first-order chi connectivity index (χ1) is 12.2. The Morgan fingerprint density at radius 1 is 0.963 bits per heavy atom. The van der Waals surface area contributed by atoms with Crippen LogP contribution in [0.2, 0.25) is 0 Å². The van der Waals surface area contributed by atoms with Crippen LogP contribution in [0, 0.1) is 11.9 Å². The Morgan fingerprint density at radius 3 is 2.04 bits per heavy atom. The molecule has 27 heavy (non-hydrogen) atoms. The first-order valence-electron chi connectivity index (χ1n) is 6.62. The van der Waals surface area contributed by atoms with Crippen molar-refractivity contribution in [1.29, 1.82) is 0 Å². The zero-order valence-corrected chi connectivity index (χ0v) is 16.5. The first kappa shape index (κ1) is 22.4. The molecule has 0 saturated carbocycles. The van der Waals surface area contributed by atoms with E-state index in [1.54, 1.807) is 0 Å². The molecule has 0 spiro atoms. The van der Waals surface area contributed by atoms with E-state index in [1.165, 1.54) is 12.1 Å². The van der Waals surface area contributed by atoms with Crippen LogP contribution >= 0.6 is 31.9 Å². The summed E-state index contributed by atoms with van der Waals surface area (Å²) in [6.07, 6.45) is -6.65. The fraction of sp³-hybridized carbons (Fsp3) is 0.200. The van der Waals surface area contributed by atoms with Gasteiger partial charge in [0.1, 0.15) is 5.82 Å². The Balaban J connectivity index is 2.74. The Kier molecular flexibility index (Phi) is 6.25. The van der Waals surface area contributed by atoms with E-state index in [0.717, 1.165) is 12.1 Å². The predicted molar refractivity (Wildman–Crippen MR) is 88.4 cm³/mol. The summed E-state index contributed by atoms with van der Waals surface area (Å²) in [6.45, 7) is 0. The lowest BCUT2D eigenvalue weighted by Gasteiger charge is -2.29. The van der Waals surface area contributed by atoms with Crippen LogP contribution in [-0.2, 0) is 11.2 Å². The van der Waals surface area contributed by atoms with Gasteiger partial charge in [0.25, 0.3) is 0 Å². The fourth-order valence-corrected chi connectivity index (χ4v) is 4.84. The van der Waals surface area contributed by atoms with E-state index < -0.39 is 50.4 Å². The van der Waals surface area contributed by atoms with Gasteiger partial charge in [0.2, 0.25) is 0 Å². The van der Waals surface area contributed by atoms with Crippen molar-refractivity contribution in [3.8, 4) is 11.1 Å². The van der Waals surface area contributed by atoms with Crippen molar-refractivity contribution in [2.24, 2.45) is 0 Å². The van der Waals surface area contributed by atoms with Crippen molar-refractivity contribution < 1.29 is 39.7 Å². The van der Waals surface area contributed by atoms with E-state index >= 15 is 0 Å². The van der Waals surface area contributed by atoms with Crippen LogP contribution in [0.1, 0.15) is 0 Å². The molecule has 1 unspecified atom stereocenters. The molecule has 147 valence electrons. The molecule has 2 aromatic rings. The maximum Gasteiger partial charge on any atom is 0.486 e. The minimum absolute atomic E-state index is 0.177. The average Bonchev–Trinajstić information content (AvgIpc) is 2.53. The molecule has 12 heteroatoms. The third-order valence-electron chi connectivity index (χ3n) is 3.25. The maximum absolute atomic E-state index is 14.1. The average molecular weight is 545 g/mol. The minimum atomic E-state index is -6.65. The molecule has 0 fully saturated rings. The number of benzene rings is 2. The summed E-state index contributed by atoms with van der Waals surface area (Å²) in [4.78, 5) is -1.13. The van der Waals surface area contributed by atoms with Gasteiger partial charge in [-0.1, -0.05) is 18.2 Å². The van der Waals surface area contributed by atoms with E-state index in [1.807, 2.05) is 0 Å². The molecule has 0 aliphatic carbocycles. The summed E-state index contributed by atoms with van der Waals surface area (Å²) in [5.41, 5.74) is -1.03. The molecular weight excluding hydrogens is 540 g/mol. The molecular formula is C15H5Br2F8OS. The summed E-state index contributed by atoms with van der Waals surface area (Å²) in [7, 11) is 0. The van der Waals surface area contributed by atoms with Crippen LogP contribution < -0.4 is 0 Å². The number of alkyl halides is 7. The van der Waals surface area contributed by atoms with Gasteiger partial charge in [0.15, 0.2) is 4.90 Å². The van der Waals surface area contributed by atoms with Crippen LogP contribution in [0.25, 0.3) is 11.1 Å². The normalized spacial score (nSPS) is 14.3. The lowest BCUT2D eigenvalue weighted by Crippen LogP contribution is -2.56. The van der Waals surface area contributed by atoms with Gasteiger partial charge < -0.3 is 4.55 Å². The van der Waals surface area contributed by atoms with Crippen LogP contribution in [0.15, 0.2) is 44.2 Å². The zero-order chi connectivity index (χ0) is 20.8. The highest BCUT2D eigenvalue weighted by Crippen LogP contribution is 2.52. The number of hydrogen-bond donors (Lipinski definition) is 0. The molecule has 0 bridgehead atoms. The summed E-state index contributed by atoms with van der Waals surface area (Å²) in [6, 6.07) is 7.53.